The zero-order valence-corrected chi connectivity index (χ0v) is 19.4. The Morgan fingerprint density at radius 2 is 1.84 bits per heavy atom. The maximum absolute atomic E-state index is 13.5. The first-order chi connectivity index (χ1) is 15.5. The van der Waals surface area contributed by atoms with E-state index in [1.54, 1.807) is 0 Å². The van der Waals surface area contributed by atoms with Gasteiger partial charge in [-0.3, -0.25) is 4.79 Å². The summed E-state index contributed by atoms with van der Waals surface area (Å²) in [7, 11) is 0. The van der Waals surface area contributed by atoms with Crippen LogP contribution in [0, 0.1) is 23.7 Å². The fourth-order valence-electron chi connectivity index (χ4n) is 6.13. The van der Waals surface area contributed by atoms with Gasteiger partial charge < -0.3 is 9.84 Å². The van der Waals surface area contributed by atoms with E-state index in [0.29, 0.717) is 39.1 Å². The molecule has 4 aliphatic rings. The molecule has 3 aromatic rings. The lowest BCUT2D eigenvalue weighted by Crippen LogP contribution is -2.41. The molecule has 4 aliphatic carbocycles. The van der Waals surface area contributed by atoms with Crippen molar-refractivity contribution in [2.45, 2.75) is 39.0 Å². The van der Waals surface area contributed by atoms with E-state index in [1.807, 2.05) is 36.4 Å². The molecule has 0 radical (unpaired) electrons. The highest BCUT2D eigenvalue weighted by molar-refractivity contribution is 7.20. The Morgan fingerprint density at radius 3 is 2.56 bits per heavy atom. The molecule has 164 valence electrons. The number of thiazole rings is 1. The van der Waals surface area contributed by atoms with E-state index in [4.69, 9.17) is 16.3 Å². The van der Waals surface area contributed by atoms with Gasteiger partial charge in [-0.1, -0.05) is 35.9 Å². The molecule has 2 bridgehead atoms. The van der Waals surface area contributed by atoms with E-state index in [2.05, 4.69) is 11.9 Å². The van der Waals surface area contributed by atoms with Crippen molar-refractivity contribution in [1.82, 2.24) is 4.98 Å². The number of carbonyl (C=O) groups excluding carboxylic acids is 1. The minimum absolute atomic E-state index is 0.00768. The molecule has 0 aliphatic heterocycles. The van der Waals surface area contributed by atoms with Crippen molar-refractivity contribution in [1.29, 1.82) is 0 Å². The minimum atomic E-state index is -0.0409. The molecule has 1 heterocycles. The number of nitrogens with zero attached hydrogens (tertiary/aromatic N) is 1. The number of rotatable bonds is 4. The summed E-state index contributed by atoms with van der Waals surface area (Å²) in [5.41, 5.74) is 3.19. The lowest BCUT2D eigenvalue weighted by atomic mass is 9.59. The number of aliphatic hydroxyl groups excluding tert-OH is 1. The number of allylic oxidation sites excluding steroid dienone is 2. The SMILES string of the molecule is CCc1ccc(Oc2nc3cc(Cl)ccc3s2)cc1C1=C(O)C2C3CCC(CC3)C2C1=O. The lowest BCUT2D eigenvalue weighted by Gasteiger charge is -2.44. The Labute approximate surface area is 195 Å². The first-order valence-electron chi connectivity index (χ1n) is 11.4. The smallest absolute Gasteiger partial charge is 0.279 e. The average Bonchev–Trinajstić information content (AvgIpc) is 3.32. The number of hydrogen-bond donors (Lipinski definition) is 1. The molecule has 1 aromatic heterocycles. The van der Waals surface area contributed by atoms with Crippen molar-refractivity contribution in [2.24, 2.45) is 23.7 Å². The normalized spacial score (nSPS) is 26.8. The molecule has 2 unspecified atom stereocenters. The molecule has 32 heavy (non-hydrogen) atoms. The summed E-state index contributed by atoms with van der Waals surface area (Å²) in [6, 6.07) is 11.4. The van der Waals surface area contributed by atoms with Crippen LogP contribution in [-0.4, -0.2) is 15.9 Å². The van der Waals surface area contributed by atoms with Gasteiger partial charge in [0, 0.05) is 16.9 Å². The Balaban J connectivity index is 1.38. The molecule has 0 amide bonds. The molecule has 0 saturated heterocycles. The number of hydrogen-bond acceptors (Lipinski definition) is 5. The highest BCUT2D eigenvalue weighted by atomic mass is 35.5. The van der Waals surface area contributed by atoms with Crippen molar-refractivity contribution in [3.8, 4) is 10.9 Å². The zero-order chi connectivity index (χ0) is 22.0. The van der Waals surface area contributed by atoms with Gasteiger partial charge in [0.05, 0.1) is 15.8 Å². The molecule has 2 aromatic carbocycles. The average molecular weight is 466 g/mol. The van der Waals surface area contributed by atoms with Gasteiger partial charge in [-0.25, -0.2) is 4.98 Å². The largest absolute Gasteiger partial charge is 0.511 e. The van der Waals surface area contributed by atoms with Crippen LogP contribution in [-0.2, 0) is 11.2 Å². The molecular weight excluding hydrogens is 442 g/mol. The summed E-state index contributed by atoms with van der Waals surface area (Å²) in [4.78, 5) is 18.1. The Morgan fingerprint density at radius 1 is 1.09 bits per heavy atom. The lowest BCUT2D eigenvalue weighted by molar-refractivity contribution is -0.123. The van der Waals surface area contributed by atoms with Crippen LogP contribution in [0.15, 0.2) is 42.2 Å². The van der Waals surface area contributed by atoms with Crippen molar-refractivity contribution < 1.29 is 14.6 Å². The number of halogens is 1. The van der Waals surface area contributed by atoms with Crippen molar-refractivity contribution in [3.05, 3.63) is 58.3 Å². The van der Waals surface area contributed by atoms with Crippen molar-refractivity contribution in [2.75, 3.05) is 0 Å². The van der Waals surface area contributed by atoms with E-state index in [9.17, 15) is 9.90 Å². The quantitative estimate of drug-likeness (QED) is 0.442. The van der Waals surface area contributed by atoms with Gasteiger partial charge >= 0.3 is 0 Å². The number of aliphatic hydroxyl groups is 1. The van der Waals surface area contributed by atoms with Crippen LogP contribution >= 0.6 is 22.9 Å². The predicted octanol–water partition coefficient (Wildman–Crippen LogP) is 7.21. The van der Waals surface area contributed by atoms with E-state index >= 15 is 0 Å². The molecule has 6 heteroatoms. The van der Waals surface area contributed by atoms with Gasteiger partial charge in [-0.15, -0.1) is 0 Å². The van der Waals surface area contributed by atoms with Crippen LogP contribution in [0.5, 0.6) is 10.9 Å². The standard InChI is InChI=1S/C26H24ClNO3S/c1-2-13-7-9-17(31-26-28-19-11-16(27)8-10-20(19)32-26)12-18(13)23-24(29)21-14-3-4-15(6-5-14)22(21)25(23)30/h7-12,14-15,21-22,29H,2-6H2,1H3. The van der Waals surface area contributed by atoms with Crippen LogP contribution in [0.3, 0.4) is 0 Å². The zero-order valence-electron chi connectivity index (χ0n) is 17.8. The molecule has 4 nitrogen and oxygen atoms in total. The van der Waals surface area contributed by atoms with Crippen LogP contribution in [0.25, 0.3) is 15.8 Å². The van der Waals surface area contributed by atoms with Crippen molar-refractivity contribution in [3.63, 3.8) is 0 Å². The van der Waals surface area contributed by atoms with Crippen LogP contribution in [0.2, 0.25) is 5.02 Å². The molecule has 0 spiro atoms. The highest BCUT2D eigenvalue weighted by Gasteiger charge is 2.54. The Kier molecular flexibility index (Phi) is 4.81. The summed E-state index contributed by atoms with van der Waals surface area (Å²) in [6.45, 7) is 2.07. The summed E-state index contributed by atoms with van der Waals surface area (Å²) >= 11 is 7.54. The maximum Gasteiger partial charge on any atom is 0.279 e. The highest BCUT2D eigenvalue weighted by Crippen LogP contribution is 2.57. The number of carbonyl (C=O) groups is 1. The first kappa shape index (κ1) is 20.3. The number of ketones is 1. The molecule has 1 N–H and O–H groups in total. The topological polar surface area (TPSA) is 59.4 Å². The summed E-state index contributed by atoms with van der Waals surface area (Å²) in [6.07, 6.45) is 5.26. The van der Waals surface area contributed by atoms with Crippen molar-refractivity contribution >= 4 is 44.5 Å². The van der Waals surface area contributed by atoms with Gasteiger partial charge in [0.25, 0.3) is 5.19 Å². The third-order valence-corrected chi connectivity index (χ3v) is 8.76. The second kappa shape index (κ2) is 7.60. The van der Waals surface area contributed by atoms with E-state index < -0.39 is 0 Å². The predicted molar refractivity (Wildman–Crippen MR) is 128 cm³/mol. The number of Topliss-reactive ketones (excluding diaryl/α,β-unsaturated/α-hetero) is 1. The van der Waals surface area contributed by atoms with Crippen LogP contribution in [0.1, 0.15) is 43.7 Å². The summed E-state index contributed by atoms with van der Waals surface area (Å²) in [5.74, 6) is 1.88. The monoisotopic (exact) mass is 465 g/mol. The third-order valence-electron chi connectivity index (χ3n) is 7.61. The second-order valence-electron chi connectivity index (χ2n) is 9.22. The van der Waals surface area contributed by atoms with Crippen LogP contribution < -0.4 is 4.74 Å². The fraction of sp³-hybridized carbons (Fsp3) is 0.385. The number of ether oxygens (including phenoxy) is 1. The van der Waals surface area contributed by atoms with Gasteiger partial charge in [-0.05, 0) is 85.4 Å². The number of fused-ring (bicyclic) bond motifs is 3. The molecule has 3 saturated carbocycles. The number of aryl methyl sites for hydroxylation is 1. The number of aromatic nitrogens is 1. The van der Waals surface area contributed by atoms with Gasteiger partial charge in [0.1, 0.15) is 11.5 Å². The Bertz CT molecular complexity index is 1270. The van der Waals surface area contributed by atoms with Gasteiger partial charge in [0.15, 0.2) is 5.78 Å². The molecule has 7 rings (SSSR count). The summed E-state index contributed by atoms with van der Waals surface area (Å²) < 4.78 is 7.10. The van der Waals surface area contributed by atoms with Gasteiger partial charge in [-0.2, -0.15) is 0 Å². The fourth-order valence-corrected chi connectivity index (χ4v) is 7.12. The second-order valence-corrected chi connectivity index (χ2v) is 10.6. The van der Waals surface area contributed by atoms with Gasteiger partial charge in [0.2, 0.25) is 0 Å². The number of benzene rings is 2. The van der Waals surface area contributed by atoms with E-state index in [0.717, 1.165) is 53.4 Å². The first-order valence-corrected chi connectivity index (χ1v) is 12.6. The minimum Gasteiger partial charge on any atom is -0.511 e. The molecule has 3 fully saturated rings. The van der Waals surface area contributed by atoms with E-state index in [-0.39, 0.29) is 17.6 Å². The van der Waals surface area contributed by atoms with Crippen LogP contribution in [0.4, 0.5) is 0 Å². The Hall–Kier alpha value is -2.37. The third kappa shape index (κ3) is 3.09. The molecular formula is C26H24ClNO3S. The summed E-state index contributed by atoms with van der Waals surface area (Å²) in [5, 5.41) is 12.4. The maximum atomic E-state index is 13.5. The van der Waals surface area contributed by atoms with E-state index in [1.165, 1.54) is 11.3 Å². The molecule has 2 atom stereocenters.